The van der Waals surface area contributed by atoms with E-state index >= 15 is 0 Å². The highest BCUT2D eigenvalue weighted by molar-refractivity contribution is 5.98. The summed E-state index contributed by atoms with van der Waals surface area (Å²) < 4.78 is 5.88. The van der Waals surface area contributed by atoms with E-state index in [1.807, 2.05) is 39.0 Å². The first kappa shape index (κ1) is 18.1. The van der Waals surface area contributed by atoms with Crippen LogP contribution in [0.15, 0.2) is 29.3 Å². The molecule has 1 amide bonds. The molecule has 0 radical (unpaired) electrons. The number of para-hydroxylation sites is 1. The molecule has 0 spiro atoms. The van der Waals surface area contributed by atoms with Crippen molar-refractivity contribution in [3.63, 3.8) is 0 Å². The van der Waals surface area contributed by atoms with Gasteiger partial charge in [0.15, 0.2) is 0 Å². The Labute approximate surface area is 144 Å². The number of nitriles is 1. The molecule has 1 aliphatic carbocycles. The van der Waals surface area contributed by atoms with Crippen molar-refractivity contribution in [1.29, 1.82) is 5.26 Å². The zero-order valence-corrected chi connectivity index (χ0v) is 14.8. The van der Waals surface area contributed by atoms with E-state index < -0.39 is 0 Å². The normalized spacial score (nSPS) is 15.3. The van der Waals surface area contributed by atoms with E-state index in [0.717, 1.165) is 48.1 Å². The first-order chi connectivity index (χ1) is 11.5. The van der Waals surface area contributed by atoms with Crippen molar-refractivity contribution < 1.29 is 9.53 Å². The molecule has 1 fully saturated rings. The Kier molecular flexibility index (Phi) is 6.43. The number of amides is 1. The lowest BCUT2D eigenvalue weighted by atomic mass is 9.91. The number of benzene rings is 1. The maximum absolute atomic E-state index is 12.4. The highest BCUT2D eigenvalue weighted by Gasteiger charge is 2.19. The standard InChI is InChI=1S/C20H26N2O2/c1-14-8-7-9-15(2)19(14)24-13-16(3)22-20(23)18(12-21)17-10-5-4-6-11-17/h7-9,16H,4-6,10-11,13H2,1-3H3,(H,22,23). The van der Waals surface area contributed by atoms with Crippen LogP contribution in [0, 0.1) is 25.2 Å². The molecule has 0 aliphatic heterocycles. The second-order valence-corrected chi connectivity index (χ2v) is 6.56. The molecule has 1 atom stereocenters. The van der Waals surface area contributed by atoms with Crippen molar-refractivity contribution in [2.45, 2.75) is 58.9 Å². The summed E-state index contributed by atoms with van der Waals surface area (Å²) in [7, 11) is 0. The van der Waals surface area contributed by atoms with Gasteiger partial charge >= 0.3 is 0 Å². The van der Waals surface area contributed by atoms with Crippen LogP contribution in [0.2, 0.25) is 0 Å². The van der Waals surface area contributed by atoms with Crippen LogP contribution in [-0.2, 0) is 4.79 Å². The van der Waals surface area contributed by atoms with E-state index in [2.05, 4.69) is 11.4 Å². The minimum Gasteiger partial charge on any atom is -0.491 e. The molecule has 0 aromatic heterocycles. The number of hydrogen-bond acceptors (Lipinski definition) is 3. The molecule has 24 heavy (non-hydrogen) atoms. The molecular formula is C20H26N2O2. The lowest BCUT2D eigenvalue weighted by Gasteiger charge is -2.19. The van der Waals surface area contributed by atoms with Crippen molar-refractivity contribution in [2.24, 2.45) is 0 Å². The van der Waals surface area contributed by atoms with Crippen molar-refractivity contribution >= 4 is 5.91 Å². The van der Waals surface area contributed by atoms with Gasteiger partial charge in [-0.15, -0.1) is 0 Å². The predicted molar refractivity (Wildman–Crippen MR) is 94.7 cm³/mol. The molecular weight excluding hydrogens is 300 g/mol. The zero-order chi connectivity index (χ0) is 17.5. The molecule has 4 nitrogen and oxygen atoms in total. The number of rotatable bonds is 5. The summed E-state index contributed by atoms with van der Waals surface area (Å²) >= 11 is 0. The smallest absolute Gasteiger partial charge is 0.262 e. The molecule has 0 heterocycles. The fourth-order valence-electron chi connectivity index (χ4n) is 3.09. The minimum atomic E-state index is -0.271. The first-order valence-electron chi connectivity index (χ1n) is 8.65. The van der Waals surface area contributed by atoms with Crippen LogP contribution in [0.1, 0.15) is 50.2 Å². The lowest BCUT2D eigenvalue weighted by Crippen LogP contribution is -2.38. The topological polar surface area (TPSA) is 62.1 Å². The van der Waals surface area contributed by atoms with Gasteiger partial charge in [-0.05, 0) is 63.2 Å². The molecule has 128 valence electrons. The Morgan fingerprint density at radius 1 is 1.25 bits per heavy atom. The number of aryl methyl sites for hydroxylation is 2. The molecule has 1 aromatic rings. The van der Waals surface area contributed by atoms with Crippen LogP contribution in [0.4, 0.5) is 0 Å². The fraction of sp³-hybridized carbons (Fsp3) is 0.500. The van der Waals surface area contributed by atoms with Gasteiger partial charge in [-0.25, -0.2) is 0 Å². The van der Waals surface area contributed by atoms with E-state index in [1.165, 1.54) is 6.42 Å². The molecule has 1 unspecified atom stereocenters. The molecule has 1 aliphatic rings. The van der Waals surface area contributed by atoms with Gasteiger partial charge in [0.1, 0.15) is 24.0 Å². The average molecular weight is 326 g/mol. The SMILES string of the molecule is Cc1cccc(C)c1OCC(C)NC(=O)C(C#N)=C1CCCCC1. The quantitative estimate of drug-likeness (QED) is 0.658. The maximum atomic E-state index is 12.4. The number of allylic oxidation sites excluding steroid dienone is 1. The Hall–Kier alpha value is -2.28. The van der Waals surface area contributed by atoms with Gasteiger partial charge in [0.2, 0.25) is 0 Å². The summed E-state index contributed by atoms with van der Waals surface area (Å²) in [6.07, 6.45) is 5.05. The molecule has 1 N–H and O–H groups in total. The third-order valence-corrected chi connectivity index (χ3v) is 4.41. The van der Waals surface area contributed by atoms with Gasteiger partial charge in [-0.2, -0.15) is 5.26 Å². The fourth-order valence-corrected chi connectivity index (χ4v) is 3.09. The summed E-state index contributed by atoms with van der Waals surface area (Å²) in [5, 5.41) is 12.2. The monoisotopic (exact) mass is 326 g/mol. The predicted octanol–water partition coefficient (Wildman–Crippen LogP) is 3.97. The summed E-state index contributed by atoms with van der Waals surface area (Å²) in [6, 6.07) is 7.94. The second-order valence-electron chi connectivity index (χ2n) is 6.56. The number of carbonyl (C=O) groups excluding carboxylic acids is 1. The summed E-state index contributed by atoms with van der Waals surface area (Å²) in [6.45, 7) is 6.29. The van der Waals surface area contributed by atoms with E-state index in [1.54, 1.807) is 0 Å². The van der Waals surface area contributed by atoms with Crippen molar-refractivity contribution in [1.82, 2.24) is 5.32 Å². The Morgan fingerprint density at radius 2 is 1.88 bits per heavy atom. The number of ether oxygens (including phenoxy) is 1. The largest absolute Gasteiger partial charge is 0.491 e. The highest BCUT2D eigenvalue weighted by atomic mass is 16.5. The Bertz CT molecular complexity index is 642. The van der Waals surface area contributed by atoms with Crippen LogP contribution < -0.4 is 10.1 Å². The number of hydrogen-bond donors (Lipinski definition) is 1. The van der Waals surface area contributed by atoms with Crippen LogP contribution in [0.25, 0.3) is 0 Å². The zero-order valence-electron chi connectivity index (χ0n) is 14.8. The van der Waals surface area contributed by atoms with Gasteiger partial charge in [0, 0.05) is 0 Å². The average Bonchev–Trinajstić information content (AvgIpc) is 2.56. The van der Waals surface area contributed by atoms with E-state index in [9.17, 15) is 10.1 Å². The van der Waals surface area contributed by atoms with Crippen molar-refractivity contribution in [3.8, 4) is 11.8 Å². The summed E-state index contributed by atoms with van der Waals surface area (Å²) in [5.74, 6) is 0.594. The van der Waals surface area contributed by atoms with Crippen LogP contribution in [0.5, 0.6) is 5.75 Å². The minimum absolute atomic E-state index is 0.163. The van der Waals surface area contributed by atoms with Crippen LogP contribution in [-0.4, -0.2) is 18.6 Å². The van der Waals surface area contributed by atoms with Crippen molar-refractivity contribution in [3.05, 3.63) is 40.5 Å². The van der Waals surface area contributed by atoms with Crippen LogP contribution >= 0.6 is 0 Å². The number of nitrogens with one attached hydrogen (secondary N) is 1. The van der Waals surface area contributed by atoms with Crippen molar-refractivity contribution in [2.75, 3.05) is 6.61 Å². The summed E-state index contributed by atoms with van der Waals surface area (Å²) in [5.41, 5.74) is 3.46. The molecule has 2 rings (SSSR count). The third-order valence-electron chi connectivity index (χ3n) is 4.41. The molecule has 1 saturated carbocycles. The maximum Gasteiger partial charge on any atom is 0.262 e. The Balaban J connectivity index is 1.95. The first-order valence-corrected chi connectivity index (χ1v) is 8.65. The Morgan fingerprint density at radius 3 is 2.46 bits per heavy atom. The molecule has 1 aromatic carbocycles. The van der Waals surface area contributed by atoms with Crippen LogP contribution in [0.3, 0.4) is 0 Å². The van der Waals surface area contributed by atoms with Gasteiger partial charge in [-0.1, -0.05) is 24.6 Å². The molecule has 0 bridgehead atoms. The summed E-state index contributed by atoms with van der Waals surface area (Å²) in [4.78, 5) is 12.4. The lowest BCUT2D eigenvalue weighted by molar-refractivity contribution is -0.118. The number of nitrogens with zero attached hydrogens (tertiary/aromatic N) is 1. The molecule has 4 heteroatoms. The van der Waals surface area contributed by atoms with Gasteiger partial charge in [0.25, 0.3) is 5.91 Å². The van der Waals surface area contributed by atoms with Gasteiger partial charge in [0.05, 0.1) is 6.04 Å². The number of carbonyl (C=O) groups is 1. The third kappa shape index (κ3) is 4.61. The van der Waals surface area contributed by atoms with Gasteiger partial charge in [-0.3, -0.25) is 4.79 Å². The molecule has 0 saturated heterocycles. The van der Waals surface area contributed by atoms with E-state index in [-0.39, 0.29) is 11.9 Å². The highest BCUT2D eigenvalue weighted by Crippen LogP contribution is 2.26. The second kappa shape index (κ2) is 8.54. The van der Waals surface area contributed by atoms with Gasteiger partial charge < -0.3 is 10.1 Å². The van der Waals surface area contributed by atoms with E-state index in [0.29, 0.717) is 12.2 Å². The van der Waals surface area contributed by atoms with E-state index in [4.69, 9.17) is 4.74 Å².